The van der Waals surface area contributed by atoms with Crippen LogP contribution < -0.4 is 11.1 Å². The third-order valence-corrected chi connectivity index (χ3v) is 2.88. The first-order valence-electron chi connectivity index (χ1n) is 5.84. The normalized spacial score (nSPS) is 10.2. The summed E-state index contributed by atoms with van der Waals surface area (Å²) in [4.78, 5) is 13.1. The number of nitrogens with zero attached hydrogens (tertiary/aromatic N) is 3. The smallest absolute Gasteiger partial charge is 0.136 e. The van der Waals surface area contributed by atoms with E-state index in [1.54, 1.807) is 18.6 Å². The van der Waals surface area contributed by atoms with Crippen molar-refractivity contribution in [3.63, 3.8) is 0 Å². The molecular weight excluding hydrogens is 258 g/mol. The molecule has 6 heteroatoms. The highest BCUT2D eigenvalue weighted by molar-refractivity contribution is 7.80. The van der Waals surface area contributed by atoms with Crippen LogP contribution in [0.15, 0.2) is 24.7 Å². The number of hydrogen-bond donors (Lipinski definition) is 2. The molecule has 19 heavy (non-hydrogen) atoms. The van der Waals surface area contributed by atoms with Gasteiger partial charge in [0.2, 0.25) is 0 Å². The molecule has 0 saturated carbocycles. The van der Waals surface area contributed by atoms with Crippen LogP contribution in [0.2, 0.25) is 0 Å². The van der Waals surface area contributed by atoms with Crippen LogP contribution in [-0.2, 0) is 6.54 Å². The molecular formula is C13H15N5S. The summed E-state index contributed by atoms with van der Waals surface area (Å²) in [6, 6.07) is 1.88. The van der Waals surface area contributed by atoms with Crippen LogP contribution in [-0.4, -0.2) is 19.9 Å². The molecule has 2 aromatic heterocycles. The van der Waals surface area contributed by atoms with E-state index in [0.29, 0.717) is 17.4 Å². The Kier molecular flexibility index (Phi) is 4.01. The second kappa shape index (κ2) is 5.71. The minimum Gasteiger partial charge on any atom is -0.389 e. The zero-order valence-electron chi connectivity index (χ0n) is 10.8. The predicted octanol–water partition coefficient (Wildman–Crippen LogP) is 1.73. The van der Waals surface area contributed by atoms with Gasteiger partial charge in [-0.05, 0) is 25.5 Å². The summed E-state index contributed by atoms with van der Waals surface area (Å²) < 4.78 is 0. The molecule has 2 rings (SSSR count). The Morgan fingerprint density at radius 3 is 2.68 bits per heavy atom. The van der Waals surface area contributed by atoms with E-state index in [9.17, 15) is 0 Å². The van der Waals surface area contributed by atoms with E-state index in [-0.39, 0.29) is 0 Å². The Bertz CT molecular complexity index is 594. The third-order valence-electron chi connectivity index (χ3n) is 2.68. The lowest BCUT2D eigenvalue weighted by atomic mass is 10.1. The summed E-state index contributed by atoms with van der Waals surface area (Å²) in [6.07, 6.45) is 5.19. The van der Waals surface area contributed by atoms with Gasteiger partial charge in [-0.2, -0.15) is 0 Å². The molecule has 2 aromatic rings. The number of anilines is 1. The SMILES string of the molecule is Cc1cnc(CNc2nccc(C)c2C(N)=S)cn1. The summed E-state index contributed by atoms with van der Waals surface area (Å²) >= 11 is 5.05. The van der Waals surface area contributed by atoms with Gasteiger partial charge in [-0.3, -0.25) is 9.97 Å². The molecule has 0 aromatic carbocycles. The molecule has 0 radical (unpaired) electrons. The van der Waals surface area contributed by atoms with E-state index in [2.05, 4.69) is 20.3 Å². The first-order chi connectivity index (χ1) is 9.08. The molecule has 0 saturated heterocycles. The van der Waals surface area contributed by atoms with Crippen molar-refractivity contribution in [2.24, 2.45) is 5.73 Å². The molecule has 0 aliphatic heterocycles. The molecule has 98 valence electrons. The van der Waals surface area contributed by atoms with E-state index in [1.165, 1.54) is 0 Å². The minimum absolute atomic E-state index is 0.336. The van der Waals surface area contributed by atoms with E-state index >= 15 is 0 Å². The number of pyridine rings is 1. The number of nitrogens with one attached hydrogen (secondary N) is 1. The number of rotatable bonds is 4. The average molecular weight is 273 g/mol. The molecule has 0 aliphatic rings. The third kappa shape index (κ3) is 3.23. The van der Waals surface area contributed by atoms with Crippen molar-refractivity contribution in [3.8, 4) is 0 Å². The lowest BCUT2D eigenvalue weighted by molar-refractivity contribution is 0.975. The Hall–Kier alpha value is -2.08. The van der Waals surface area contributed by atoms with Crippen molar-refractivity contribution >= 4 is 23.0 Å². The highest BCUT2D eigenvalue weighted by Gasteiger charge is 2.09. The lowest BCUT2D eigenvalue weighted by Gasteiger charge is -2.11. The van der Waals surface area contributed by atoms with Crippen molar-refractivity contribution < 1.29 is 0 Å². The molecule has 0 bridgehead atoms. The Balaban J connectivity index is 2.18. The van der Waals surface area contributed by atoms with Crippen molar-refractivity contribution in [2.45, 2.75) is 20.4 Å². The molecule has 0 fully saturated rings. The van der Waals surface area contributed by atoms with Gasteiger partial charge >= 0.3 is 0 Å². The number of thiocarbonyl (C=S) groups is 1. The topological polar surface area (TPSA) is 76.7 Å². The maximum atomic E-state index is 5.73. The van der Waals surface area contributed by atoms with Gasteiger partial charge in [0.1, 0.15) is 10.8 Å². The van der Waals surface area contributed by atoms with E-state index in [4.69, 9.17) is 18.0 Å². The quantitative estimate of drug-likeness (QED) is 0.826. The zero-order valence-corrected chi connectivity index (χ0v) is 11.7. The standard InChI is InChI=1S/C13H15N5S/c1-8-3-4-15-13(11(8)12(14)19)18-7-10-6-16-9(2)5-17-10/h3-6H,7H2,1-2H3,(H2,14,19)(H,15,18). The summed E-state index contributed by atoms with van der Waals surface area (Å²) in [5.41, 5.74) is 9.23. The van der Waals surface area contributed by atoms with Crippen LogP contribution in [0.5, 0.6) is 0 Å². The molecule has 0 amide bonds. The first kappa shape index (κ1) is 13.4. The number of hydrogen-bond acceptors (Lipinski definition) is 5. The number of aromatic nitrogens is 3. The van der Waals surface area contributed by atoms with Gasteiger partial charge in [-0.1, -0.05) is 12.2 Å². The van der Waals surface area contributed by atoms with Crippen LogP contribution in [0.1, 0.15) is 22.5 Å². The van der Waals surface area contributed by atoms with Crippen molar-refractivity contribution in [2.75, 3.05) is 5.32 Å². The van der Waals surface area contributed by atoms with Gasteiger partial charge in [-0.25, -0.2) is 4.98 Å². The number of nitrogens with two attached hydrogens (primary N) is 1. The average Bonchev–Trinajstić information content (AvgIpc) is 2.37. The Labute approximate surface area is 117 Å². The highest BCUT2D eigenvalue weighted by Crippen LogP contribution is 2.16. The largest absolute Gasteiger partial charge is 0.389 e. The molecule has 0 unspecified atom stereocenters. The Morgan fingerprint density at radius 2 is 2.05 bits per heavy atom. The molecule has 3 N–H and O–H groups in total. The van der Waals surface area contributed by atoms with Gasteiger partial charge in [-0.15, -0.1) is 0 Å². The highest BCUT2D eigenvalue weighted by atomic mass is 32.1. The van der Waals surface area contributed by atoms with Crippen LogP contribution in [0.4, 0.5) is 5.82 Å². The van der Waals surface area contributed by atoms with E-state index in [1.807, 2.05) is 19.9 Å². The van der Waals surface area contributed by atoms with Crippen LogP contribution in [0.25, 0.3) is 0 Å². The van der Waals surface area contributed by atoms with Crippen molar-refractivity contribution in [1.29, 1.82) is 0 Å². The van der Waals surface area contributed by atoms with Gasteiger partial charge in [0, 0.05) is 12.4 Å². The summed E-state index contributed by atoms with van der Waals surface area (Å²) in [5, 5.41) is 3.19. The van der Waals surface area contributed by atoms with Crippen LogP contribution >= 0.6 is 12.2 Å². The van der Waals surface area contributed by atoms with Gasteiger partial charge < -0.3 is 11.1 Å². The van der Waals surface area contributed by atoms with Crippen molar-refractivity contribution in [3.05, 3.63) is 47.2 Å². The fourth-order valence-electron chi connectivity index (χ4n) is 1.69. The van der Waals surface area contributed by atoms with E-state index < -0.39 is 0 Å². The first-order valence-corrected chi connectivity index (χ1v) is 6.25. The van der Waals surface area contributed by atoms with Crippen molar-refractivity contribution in [1.82, 2.24) is 15.0 Å². The second-order valence-corrected chi connectivity index (χ2v) is 4.66. The maximum absolute atomic E-state index is 5.73. The summed E-state index contributed by atoms with van der Waals surface area (Å²) in [7, 11) is 0. The fourth-order valence-corrected chi connectivity index (χ4v) is 1.95. The Morgan fingerprint density at radius 1 is 1.26 bits per heavy atom. The summed E-state index contributed by atoms with van der Waals surface area (Å²) in [6.45, 7) is 4.38. The van der Waals surface area contributed by atoms with Crippen LogP contribution in [0.3, 0.4) is 0 Å². The second-order valence-electron chi connectivity index (χ2n) is 4.22. The number of aryl methyl sites for hydroxylation is 2. The molecule has 0 atom stereocenters. The monoisotopic (exact) mass is 273 g/mol. The van der Waals surface area contributed by atoms with E-state index in [0.717, 1.165) is 22.5 Å². The van der Waals surface area contributed by atoms with Gasteiger partial charge in [0.15, 0.2) is 0 Å². The molecule has 0 aliphatic carbocycles. The minimum atomic E-state index is 0.336. The zero-order chi connectivity index (χ0) is 13.8. The molecule has 5 nitrogen and oxygen atoms in total. The maximum Gasteiger partial charge on any atom is 0.136 e. The predicted molar refractivity (Wildman–Crippen MR) is 79.0 cm³/mol. The lowest BCUT2D eigenvalue weighted by Crippen LogP contribution is -2.16. The fraction of sp³-hybridized carbons (Fsp3) is 0.231. The molecule has 2 heterocycles. The molecule has 0 spiro atoms. The van der Waals surface area contributed by atoms with Gasteiger partial charge in [0.05, 0.1) is 29.7 Å². The summed E-state index contributed by atoms with van der Waals surface area (Å²) in [5.74, 6) is 0.676. The van der Waals surface area contributed by atoms with Gasteiger partial charge in [0.25, 0.3) is 0 Å². The van der Waals surface area contributed by atoms with Crippen LogP contribution in [0, 0.1) is 13.8 Å².